The number of hydrogen-bond donors (Lipinski definition) is 3. The number of ether oxygens (including phenoxy) is 2. The van der Waals surface area contributed by atoms with Gasteiger partial charge in [0.2, 0.25) is 16.8 Å². The van der Waals surface area contributed by atoms with E-state index >= 15 is 0 Å². The van der Waals surface area contributed by atoms with Crippen LogP contribution in [0.25, 0.3) is 11.0 Å². The Hall–Kier alpha value is -4.38. The van der Waals surface area contributed by atoms with Crippen molar-refractivity contribution in [2.24, 2.45) is 0 Å². The maximum atomic E-state index is 12.6. The average molecular weight is 508 g/mol. The fourth-order valence-corrected chi connectivity index (χ4v) is 4.10. The van der Waals surface area contributed by atoms with Crippen LogP contribution in [0.5, 0.6) is 11.5 Å². The number of methoxy groups -OCH3 is 2. The zero-order valence-corrected chi connectivity index (χ0v) is 20.8. The molecule has 0 bridgehead atoms. The van der Waals surface area contributed by atoms with Crippen molar-refractivity contribution in [2.45, 2.75) is 13.3 Å². The number of anilines is 5. The van der Waals surface area contributed by atoms with Gasteiger partial charge in [0, 0.05) is 36.0 Å². The van der Waals surface area contributed by atoms with Crippen molar-refractivity contribution in [1.82, 2.24) is 9.97 Å². The molecule has 11 heteroatoms. The van der Waals surface area contributed by atoms with Crippen molar-refractivity contribution < 1.29 is 22.7 Å². The van der Waals surface area contributed by atoms with Crippen molar-refractivity contribution in [2.75, 3.05) is 29.2 Å². The number of amides is 1. The highest BCUT2D eigenvalue weighted by molar-refractivity contribution is 7.74. The normalized spacial score (nSPS) is 10.8. The van der Waals surface area contributed by atoms with Gasteiger partial charge in [0.1, 0.15) is 11.5 Å². The van der Waals surface area contributed by atoms with Crippen molar-refractivity contribution in [3.63, 3.8) is 0 Å². The smallest absolute Gasteiger partial charge is 0.230 e. The Bertz CT molecular complexity index is 1460. The summed E-state index contributed by atoms with van der Waals surface area (Å²) in [5, 5.41) is 5.91. The van der Waals surface area contributed by atoms with Crippen molar-refractivity contribution in [3.8, 4) is 11.5 Å². The van der Waals surface area contributed by atoms with Gasteiger partial charge in [-0.2, -0.15) is 0 Å². The SMILES string of the molecule is CCC(=O)Nc1cccc(N(c2nc3ccccc3nc2Nc2cc(OC)cc(OC)c2)[SH](=O)=O)c1. The van der Waals surface area contributed by atoms with Crippen LogP contribution in [0.4, 0.5) is 28.7 Å². The highest BCUT2D eigenvalue weighted by Crippen LogP contribution is 2.35. The van der Waals surface area contributed by atoms with E-state index in [1.54, 1.807) is 67.6 Å². The minimum atomic E-state index is -3.19. The molecule has 4 aromatic rings. The van der Waals surface area contributed by atoms with Crippen LogP contribution in [0.1, 0.15) is 13.3 Å². The van der Waals surface area contributed by atoms with E-state index in [0.29, 0.717) is 33.9 Å². The lowest BCUT2D eigenvalue weighted by Gasteiger charge is -2.21. The molecule has 0 saturated carbocycles. The standard InChI is InChI=1S/C25H25N5O5S/c1-4-23(31)26-16-8-7-9-18(12-16)30(36(32)33)25-24(28-21-10-5-6-11-22(21)29-25)27-17-13-19(34-2)15-20(14-17)35-3/h5-15,36H,4H2,1-3H3,(H,26,31)(H,27,28). The van der Waals surface area contributed by atoms with Crippen LogP contribution in [0.15, 0.2) is 66.7 Å². The number of para-hydroxylation sites is 2. The molecule has 1 heterocycles. The molecular formula is C25H25N5O5S. The number of fused-ring (bicyclic) bond motifs is 1. The van der Waals surface area contributed by atoms with Crippen molar-refractivity contribution in [1.29, 1.82) is 0 Å². The average Bonchev–Trinajstić information content (AvgIpc) is 2.88. The van der Waals surface area contributed by atoms with Crippen LogP contribution in [-0.2, 0) is 15.7 Å². The van der Waals surface area contributed by atoms with Gasteiger partial charge in [0.25, 0.3) is 0 Å². The summed E-state index contributed by atoms with van der Waals surface area (Å²) in [6, 6.07) is 18.8. The molecule has 36 heavy (non-hydrogen) atoms. The largest absolute Gasteiger partial charge is 0.497 e. The van der Waals surface area contributed by atoms with E-state index in [-0.39, 0.29) is 29.7 Å². The molecule has 10 nitrogen and oxygen atoms in total. The van der Waals surface area contributed by atoms with E-state index in [9.17, 15) is 13.2 Å². The van der Waals surface area contributed by atoms with Crippen LogP contribution < -0.4 is 24.4 Å². The van der Waals surface area contributed by atoms with E-state index in [4.69, 9.17) is 9.47 Å². The first kappa shape index (κ1) is 24.7. The third-order valence-electron chi connectivity index (χ3n) is 5.23. The lowest BCUT2D eigenvalue weighted by atomic mass is 10.2. The summed E-state index contributed by atoms with van der Waals surface area (Å²) >= 11 is 0. The first-order chi connectivity index (χ1) is 17.4. The molecule has 1 aromatic heterocycles. The topological polar surface area (TPSA) is 123 Å². The molecule has 0 aliphatic rings. The minimum Gasteiger partial charge on any atom is -0.497 e. The van der Waals surface area contributed by atoms with E-state index in [1.165, 1.54) is 14.2 Å². The Labute approximate surface area is 210 Å². The Morgan fingerprint density at radius 2 is 1.56 bits per heavy atom. The molecule has 1 amide bonds. The molecule has 0 unspecified atom stereocenters. The molecule has 0 spiro atoms. The predicted octanol–water partition coefficient (Wildman–Crippen LogP) is 4.40. The third-order valence-corrected chi connectivity index (χ3v) is 5.97. The van der Waals surface area contributed by atoms with Gasteiger partial charge in [0.15, 0.2) is 11.6 Å². The second-order valence-corrected chi connectivity index (χ2v) is 8.49. The Morgan fingerprint density at radius 3 is 2.17 bits per heavy atom. The molecule has 0 fully saturated rings. The van der Waals surface area contributed by atoms with Crippen LogP contribution in [-0.4, -0.2) is 38.5 Å². The summed E-state index contributed by atoms with van der Waals surface area (Å²) in [4.78, 5) is 21.2. The van der Waals surface area contributed by atoms with E-state index < -0.39 is 10.9 Å². The number of hydrogen-bond acceptors (Lipinski definition) is 8. The van der Waals surface area contributed by atoms with Crippen LogP contribution in [0.2, 0.25) is 0 Å². The van der Waals surface area contributed by atoms with Gasteiger partial charge < -0.3 is 20.1 Å². The summed E-state index contributed by atoms with van der Waals surface area (Å²) in [6.07, 6.45) is 0.290. The molecule has 0 atom stereocenters. The van der Waals surface area contributed by atoms with Gasteiger partial charge in [0.05, 0.1) is 30.9 Å². The Balaban J connectivity index is 1.86. The molecule has 0 saturated heterocycles. The number of nitrogens with zero attached hydrogens (tertiary/aromatic N) is 3. The summed E-state index contributed by atoms with van der Waals surface area (Å²) in [5.41, 5.74) is 2.39. The van der Waals surface area contributed by atoms with E-state index in [1.807, 2.05) is 6.07 Å². The molecule has 0 radical (unpaired) electrons. The van der Waals surface area contributed by atoms with Gasteiger partial charge in [-0.15, -0.1) is 0 Å². The summed E-state index contributed by atoms with van der Waals surface area (Å²) in [5.74, 6) is 1.15. The summed E-state index contributed by atoms with van der Waals surface area (Å²) in [6.45, 7) is 1.73. The van der Waals surface area contributed by atoms with E-state index in [0.717, 1.165) is 4.31 Å². The van der Waals surface area contributed by atoms with Crippen LogP contribution in [0, 0.1) is 0 Å². The Morgan fingerprint density at radius 1 is 0.889 bits per heavy atom. The second-order valence-electron chi connectivity index (χ2n) is 7.61. The second kappa shape index (κ2) is 10.9. The first-order valence-electron chi connectivity index (χ1n) is 11.0. The monoisotopic (exact) mass is 507 g/mol. The van der Waals surface area contributed by atoms with Crippen LogP contribution in [0.3, 0.4) is 0 Å². The number of carbonyl (C=O) groups is 1. The van der Waals surface area contributed by atoms with Gasteiger partial charge in [-0.1, -0.05) is 25.1 Å². The zero-order chi connectivity index (χ0) is 25.7. The van der Waals surface area contributed by atoms with Crippen LogP contribution >= 0.6 is 0 Å². The number of benzene rings is 3. The third kappa shape index (κ3) is 5.47. The van der Waals surface area contributed by atoms with Gasteiger partial charge in [-0.25, -0.2) is 22.7 Å². The molecular weight excluding hydrogens is 482 g/mol. The first-order valence-corrected chi connectivity index (χ1v) is 12.2. The molecule has 3 aromatic carbocycles. The zero-order valence-electron chi connectivity index (χ0n) is 19.9. The number of aromatic nitrogens is 2. The number of carbonyl (C=O) groups excluding carboxylic acids is 1. The maximum Gasteiger partial charge on any atom is 0.230 e. The summed E-state index contributed by atoms with van der Waals surface area (Å²) in [7, 11) is -0.118. The quantitative estimate of drug-likeness (QED) is 0.285. The van der Waals surface area contributed by atoms with Gasteiger partial charge >= 0.3 is 0 Å². The van der Waals surface area contributed by atoms with Gasteiger partial charge in [-0.05, 0) is 30.3 Å². The minimum absolute atomic E-state index is 0.0607. The number of nitrogens with one attached hydrogen (secondary N) is 2. The van der Waals surface area contributed by atoms with E-state index in [2.05, 4.69) is 20.6 Å². The fourth-order valence-electron chi connectivity index (χ4n) is 3.50. The lowest BCUT2D eigenvalue weighted by Crippen LogP contribution is -2.19. The van der Waals surface area contributed by atoms with Crippen molar-refractivity contribution >= 4 is 56.5 Å². The molecule has 186 valence electrons. The highest BCUT2D eigenvalue weighted by atomic mass is 32.2. The molecule has 0 aliphatic carbocycles. The highest BCUT2D eigenvalue weighted by Gasteiger charge is 2.21. The molecule has 2 N–H and O–H groups in total. The summed E-state index contributed by atoms with van der Waals surface area (Å²) < 4.78 is 36.9. The van der Waals surface area contributed by atoms with Gasteiger partial charge in [-0.3, -0.25) is 4.79 Å². The molecule has 0 aliphatic heterocycles. The Kier molecular flexibility index (Phi) is 7.50. The number of rotatable bonds is 9. The molecule has 4 rings (SSSR count). The number of thiol groups is 1. The maximum absolute atomic E-state index is 12.6. The predicted molar refractivity (Wildman–Crippen MR) is 140 cm³/mol. The lowest BCUT2D eigenvalue weighted by molar-refractivity contribution is -0.115. The fraction of sp³-hybridized carbons (Fsp3) is 0.160. The van der Waals surface area contributed by atoms with Crippen molar-refractivity contribution in [3.05, 3.63) is 66.7 Å².